The summed E-state index contributed by atoms with van der Waals surface area (Å²) < 4.78 is 0.918. The Hall–Kier alpha value is -1.88. The topological polar surface area (TPSA) is 31.7 Å². The van der Waals surface area contributed by atoms with E-state index in [4.69, 9.17) is 4.98 Å². The van der Waals surface area contributed by atoms with Crippen LogP contribution in [0.2, 0.25) is 0 Å². The summed E-state index contributed by atoms with van der Waals surface area (Å²) in [7, 11) is 4.01. The predicted molar refractivity (Wildman–Crippen MR) is 109 cm³/mol. The molecular weight excluding hydrogens is 364 g/mol. The molecule has 0 radical (unpaired) electrons. The SMILES string of the molecule is C=CC(C)=C(C=C)CN(C)c1nc(C)c(N=CN(C)CC)cc1Br. The molecule has 0 bridgehead atoms. The van der Waals surface area contributed by atoms with Crippen LogP contribution in [0.4, 0.5) is 11.5 Å². The average Bonchev–Trinajstić information content (AvgIpc) is 2.58. The number of rotatable bonds is 8. The molecule has 1 heterocycles. The van der Waals surface area contributed by atoms with Gasteiger partial charge in [0.2, 0.25) is 0 Å². The number of allylic oxidation sites excluding steroid dienone is 2. The second-order valence-electron chi connectivity index (χ2n) is 5.69. The monoisotopic (exact) mass is 390 g/mol. The van der Waals surface area contributed by atoms with Crippen molar-refractivity contribution >= 4 is 33.8 Å². The van der Waals surface area contributed by atoms with Crippen LogP contribution < -0.4 is 4.90 Å². The van der Waals surface area contributed by atoms with Crippen molar-refractivity contribution < 1.29 is 0 Å². The van der Waals surface area contributed by atoms with Crippen LogP contribution in [0.15, 0.2) is 52.0 Å². The molecule has 0 saturated heterocycles. The van der Waals surface area contributed by atoms with E-state index in [1.165, 1.54) is 0 Å². The third kappa shape index (κ3) is 5.34. The molecule has 4 nitrogen and oxygen atoms in total. The average molecular weight is 391 g/mol. The second kappa shape index (κ2) is 9.42. The van der Waals surface area contributed by atoms with E-state index in [9.17, 15) is 0 Å². The zero-order chi connectivity index (χ0) is 18.3. The summed E-state index contributed by atoms with van der Waals surface area (Å²) >= 11 is 3.62. The lowest BCUT2D eigenvalue weighted by atomic mass is 10.1. The Bertz CT molecular complexity index is 662. The molecule has 1 aromatic rings. The maximum absolute atomic E-state index is 4.71. The highest BCUT2D eigenvalue weighted by atomic mass is 79.9. The van der Waals surface area contributed by atoms with E-state index < -0.39 is 0 Å². The summed E-state index contributed by atoms with van der Waals surface area (Å²) in [5.41, 5.74) is 4.01. The number of likely N-dealkylation sites (N-methyl/N-ethyl adjacent to an activating group) is 1. The zero-order valence-corrected chi connectivity index (χ0v) is 16.9. The number of hydrogen-bond donors (Lipinski definition) is 0. The van der Waals surface area contributed by atoms with Crippen molar-refractivity contribution in [3.05, 3.63) is 52.7 Å². The first-order valence-corrected chi connectivity index (χ1v) is 8.70. The highest BCUT2D eigenvalue weighted by molar-refractivity contribution is 9.10. The van der Waals surface area contributed by atoms with Gasteiger partial charge in [-0.1, -0.05) is 25.3 Å². The molecule has 0 amide bonds. The van der Waals surface area contributed by atoms with Crippen molar-refractivity contribution in [2.24, 2.45) is 4.99 Å². The largest absolute Gasteiger partial charge is 0.366 e. The quantitative estimate of drug-likeness (QED) is 0.359. The van der Waals surface area contributed by atoms with Gasteiger partial charge in [0.05, 0.1) is 22.2 Å². The molecule has 0 unspecified atom stereocenters. The van der Waals surface area contributed by atoms with Gasteiger partial charge in [-0.05, 0) is 53.9 Å². The van der Waals surface area contributed by atoms with Gasteiger partial charge in [0.25, 0.3) is 0 Å². The van der Waals surface area contributed by atoms with Gasteiger partial charge in [-0.3, -0.25) is 0 Å². The summed E-state index contributed by atoms with van der Waals surface area (Å²) in [5.74, 6) is 0.881. The van der Waals surface area contributed by atoms with Crippen LogP contribution in [0, 0.1) is 6.92 Å². The number of aromatic nitrogens is 1. The summed E-state index contributed by atoms with van der Waals surface area (Å²) in [6.45, 7) is 15.4. The van der Waals surface area contributed by atoms with Crippen LogP contribution in [0.25, 0.3) is 0 Å². The summed E-state index contributed by atoms with van der Waals surface area (Å²) in [6.07, 6.45) is 5.54. The molecule has 0 aliphatic carbocycles. The minimum absolute atomic E-state index is 0.716. The lowest BCUT2D eigenvalue weighted by Crippen LogP contribution is -2.22. The number of aliphatic imine (C=N–C) groups is 1. The Morgan fingerprint density at radius 2 is 2.00 bits per heavy atom. The molecule has 0 aliphatic heterocycles. The lowest BCUT2D eigenvalue weighted by Gasteiger charge is -2.22. The summed E-state index contributed by atoms with van der Waals surface area (Å²) in [6, 6.07) is 2.01. The van der Waals surface area contributed by atoms with Crippen LogP contribution in [-0.4, -0.2) is 43.4 Å². The number of anilines is 1. The Kier molecular flexibility index (Phi) is 7.92. The number of halogens is 1. The third-order valence-corrected chi connectivity index (χ3v) is 4.43. The molecule has 0 N–H and O–H groups in total. The first-order chi connectivity index (χ1) is 11.3. The van der Waals surface area contributed by atoms with Crippen molar-refractivity contribution in [2.75, 3.05) is 32.1 Å². The molecule has 0 aliphatic rings. The van der Waals surface area contributed by atoms with E-state index in [-0.39, 0.29) is 0 Å². The third-order valence-electron chi connectivity index (χ3n) is 3.84. The van der Waals surface area contributed by atoms with Crippen molar-refractivity contribution in [2.45, 2.75) is 20.8 Å². The molecule has 130 valence electrons. The van der Waals surface area contributed by atoms with Crippen LogP contribution in [0.1, 0.15) is 19.5 Å². The maximum atomic E-state index is 4.71. The van der Waals surface area contributed by atoms with Gasteiger partial charge in [0, 0.05) is 27.2 Å². The highest BCUT2D eigenvalue weighted by Gasteiger charge is 2.12. The van der Waals surface area contributed by atoms with E-state index in [2.05, 4.69) is 45.9 Å². The van der Waals surface area contributed by atoms with Gasteiger partial charge in [0.1, 0.15) is 5.82 Å². The van der Waals surface area contributed by atoms with Gasteiger partial charge in [0.15, 0.2) is 0 Å². The van der Waals surface area contributed by atoms with E-state index in [0.29, 0.717) is 6.54 Å². The Morgan fingerprint density at radius 3 is 2.54 bits per heavy atom. The molecule has 0 fully saturated rings. The molecular formula is C19H27BrN4. The lowest BCUT2D eigenvalue weighted by molar-refractivity contribution is 0.552. The van der Waals surface area contributed by atoms with Gasteiger partial charge in [-0.2, -0.15) is 0 Å². The molecule has 0 atom stereocenters. The van der Waals surface area contributed by atoms with Crippen molar-refractivity contribution in [3.63, 3.8) is 0 Å². The number of nitrogens with zero attached hydrogens (tertiary/aromatic N) is 4. The van der Waals surface area contributed by atoms with E-state index >= 15 is 0 Å². The predicted octanol–water partition coefficient (Wildman–Crippen LogP) is 4.89. The molecule has 0 spiro atoms. The summed E-state index contributed by atoms with van der Waals surface area (Å²) in [4.78, 5) is 13.3. The van der Waals surface area contributed by atoms with Crippen molar-refractivity contribution in [3.8, 4) is 0 Å². The van der Waals surface area contributed by atoms with Crippen molar-refractivity contribution in [1.29, 1.82) is 0 Å². The molecule has 24 heavy (non-hydrogen) atoms. The van der Waals surface area contributed by atoms with Crippen molar-refractivity contribution in [1.82, 2.24) is 9.88 Å². The fraction of sp³-hybridized carbons (Fsp3) is 0.368. The fourth-order valence-electron chi connectivity index (χ4n) is 2.01. The minimum Gasteiger partial charge on any atom is -0.366 e. The van der Waals surface area contributed by atoms with Gasteiger partial charge in [-0.25, -0.2) is 9.98 Å². The van der Waals surface area contributed by atoms with E-state index in [1.54, 1.807) is 0 Å². The van der Waals surface area contributed by atoms with Gasteiger partial charge < -0.3 is 9.80 Å². The van der Waals surface area contributed by atoms with Gasteiger partial charge >= 0.3 is 0 Å². The molecule has 1 rings (SSSR count). The number of pyridine rings is 1. The molecule has 5 heteroatoms. The standard InChI is InChI=1S/C19H27BrN4/c1-8-14(4)16(9-2)12-24(7)19-17(20)11-18(15(5)22-19)21-13-23(6)10-3/h8-9,11,13H,1-2,10,12H2,3-7H3. The van der Waals surface area contributed by atoms with E-state index in [0.717, 1.165) is 39.4 Å². The first kappa shape index (κ1) is 20.2. The van der Waals surface area contributed by atoms with Crippen LogP contribution in [-0.2, 0) is 0 Å². The molecule has 0 saturated carbocycles. The fourth-order valence-corrected chi connectivity index (χ4v) is 2.62. The van der Waals surface area contributed by atoms with Gasteiger partial charge in [-0.15, -0.1) is 0 Å². The molecule has 0 aromatic carbocycles. The first-order valence-electron chi connectivity index (χ1n) is 7.91. The minimum atomic E-state index is 0.716. The van der Waals surface area contributed by atoms with E-state index in [1.807, 2.05) is 57.4 Å². The normalized spacial score (nSPS) is 12.1. The number of aryl methyl sites for hydroxylation is 1. The van der Waals surface area contributed by atoms with Crippen LogP contribution in [0.3, 0.4) is 0 Å². The van der Waals surface area contributed by atoms with Crippen LogP contribution >= 0.6 is 15.9 Å². The molecule has 1 aromatic heterocycles. The smallest absolute Gasteiger partial charge is 0.143 e. The van der Waals surface area contributed by atoms with Crippen LogP contribution in [0.5, 0.6) is 0 Å². The zero-order valence-electron chi connectivity index (χ0n) is 15.3. The maximum Gasteiger partial charge on any atom is 0.143 e. The Morgan fingerprint density at radius 1 is 1.33 bits per heavy atom. The highest BCUT2D eigenvalue weighted by Crippen LogP contribution is 2.30. The Balaban J connectivity index is 3.10. The summed E-state index contributed by atoms with van der Waals surface area (Å²) in [5, 5.41) is 0. The number of hydrogen-bond acceptors (Lipinski definition) is 3. The second-order valence-corrected chi connectivity index (χ2v) is 6.54. The Labute approximate surface area is 154 Å².